The van der Waals surface area contributed by atoms with Crippen LogP contribution in [0.25, 0.3) is 0 Å². The Hall–Kier alpha value is 0.0800. The molecule has 1 aromatic rings. The lowest BCUT2D eigenvalue weighted by atomic mass is 9.99. The van der Waals surface area contributed by atoms with Crippen LogP contribution in [-0.2, 0) is 0 Å². The molecule has 0 aliphatic heterocycles. The molecule has 0 saturated carbocycles. The number of rotatable bonds is 2. The lowest BCUT2D eigenvalue weighted by Gasteiger charge is -2.26. The quantitative estimate of drug-likeness (QED) is 0.721. The van der Waals surface area contributed by atoms with Crippen molar-refractivity contribution in [2.24, 2.45) is 0 Å². The van der Waals surface area contributed by atoms with Crippen molar-refractivity contribution in [2.75, 3.05) is 40.0 Å². The molecule has 0 bridgehead atoms. The number of hydrogen-bond acceptors (Lipinski definition) is 0. The second kappa shape index (κ2) is 4.88. The van der Waals surface area contributed by atoms with Crippen LogP contribution in [0.15, 0.2) is 0 Å². The molecule has 1 aromatic carbocycles. The molecule has 0 radical (unpaired) electrons. The fraction of sp³-hybridized carbons (Fsp3) is 0.625. The molecule has 0 spiro atoms. The summed E-state index contributed by atoms with van der Waals surface area (Å²) in [6, 6.07) is 0. The number of benzene rings is 1. The summed E-state index contributed by atoms with van der Waals surface area (Å²) >= 11 is 0. The fourth-order valence-electron chi connectivity index (χ4n) is 2.91. The molecule has 1 rings (SSSR count). The first kappa shape index (κ1) is 16.1. The molecule has 0 saturated heterocycles. The summed E-state index contributed by atoms with van der Waals surface area (Å²) in [6.45, 7) is 24.0. The summed E-state index contributed by atoms with van der Waals surface area (Å²) in [7, 11) is -1.97. The van der Waals surface area contributed by atoms with E-state index in [0.29, 0.717) is 0 Å². The maximum absolute atomic E-state index is 2.46. The largest absolute Gasteiger partial charge is 0.138 e. The predicted molar refractivity (Wildman–Crippen MR) is 94.0 cm³/mol. The molecule has 0 atom stereocenters. The van der Waals surface area contributed by atoms with E-state index in [1.165, 1.54) is 11.1 Å². The Labute approximate surface area is 115 Å². The van der Waals surface area contributed by atoms with E-state index in [1.807, 2.05) is 0 Å². The molecule has 0 aliphatic carbocycles. The van der Waals surface area contributed by atoms with Crippen molar-refractivity contribution in [1.82, 2.24) is 0 Å². The topological polar surface area (TPSA) is 0 Å². The summed E-state index contributed by atoms with van der Waals surface area (Å²) in [6.07, 6.45) is 0. The van der Waals surface area contributed by atoms with E-state index in [2.05, 4.69) is 67.7 Å². The van der Waals surface area contributed by atoms with Gasteiger partial charge in [0.1, 0.15) is 10.6 Å². The van der Waals surface area contributed by atoms with E-state index in [0.717, 1.165) is 0 Å². The van der Waals surface area contributed by atoms with Crippen LogP contribution in [0.2, 0.25) is 0 Å². The first-order valence-corrected chi connectivity index (χ1v) is 12.9. The molecule has 0 N–H and O–H groups in total. The monoisotopic (exact) mass is 284 g/mol. The second-order valence-corrected chi connectivity index (χ2v) is 16.2. The van der Waals surface area contributed by atoms with E-state index >= 15 is 0 Å². The van der Waals surface area contributed by atoms with Crippen LogP contribution in [0.1, 0.15) is 22.3 Å². The first-order valence-electron chi connectivity index (χ1n) is 6.63. The highest BCUT2D eigenvalue weighted by atomic mass is 31.2. The standard InChI is InChI=1S/C16H30P2/c1-11-12(2)14(4)16(18(8,9)10)15(13(11)3)17(5,6)7/h1-10H3/q+2. The highest BCUT2D eigenvalue weighted by Crippen LogP contribution is 2.53. The Kier molecular flexibility index (Phi) is 4.38. The average molecular weight is 284 g/mol. The third-order valence-electron chi connectivity index (χ3n) is 3.96. The maximum Gasteiger partial charge on any atom is 0.138 e. The molecule has 0 nitrogen and oxygen atoms in total. The van der Waals surface area contributed by atoms with Gasteiger partial charge in [-0.3, -0.25) is 0 Å². The molecule has 0 aliphatic rings. The van der Waals surface area contributed by atoms with E-state index in [-0.39, 0.29) is 0 Å². The molecule has 0 unspecified atom stereocenters. The van der Waals surface area contributed by atoms with Crippen LogP contribution in [-0.4, -0.2) is 40.0 Å². The molecular formula is C16H30P2+2. The Balaban J connectivity index is 3.89. The van der Waals surface area contributed by atoms with Crippen molar-refractivity contribution < 1.29 is 0 Å². The summed E-state index contributed by atoms with van der Waals surface area (Å²) < 4.78 is 0. The zero-order chi connectivity index (χ0) is 14.5. The Morgan fingerprint density at radius 3 is 0.833 bits per heavy atom. The smallest absolute Gasteiger partial charge is 0.0408 e. The third kappa shape index (κ3) is 2.81. The third-order valence-corrected chi connectivity index (χ3v) is 7.94. The molecular weight excluding hydrogens is 254 g/mol. The van der Waals surface area contributed by atoms with Crippen molar-refractivity contribution in [1.29, 1.82) is 0 Å². The van der Waals surface area contributed by atoms with Gasteiger partial charge < -0.3 is 0 Å². The van der Waals surface area contributed by atoms with Gasteiger partial charge in [0, 0.05) is 14.5 Å². The summed E-state index contributed by atoms with van der Waals surface area (Å²) in [5.41, 5.74) is 6.14. The van der Waals surface area contributed by atoms with Gasteiger partial charge in [-0.25, -0.2) is 0 Å². The van der Waals surface area contributed by atoms with Crippen LogP contribution in [0, 0.1) is 27.7 Å². The van der Waals surface area contributed by atoms with Crippen molar-refractivity contribution in [2.45, 2.75) is 27.7 Å². The van der Waals surface area contributed by atoms with Gasteiger partial charge in [-0.15, -0.1) is 0 Å². The molecule has 0 heterocycles. The minimum Gasteiger partial charge on any atom is -0.0408 e. The average Bonchev–Trinajstić information content (AvgIpc) is 2.16. The van der Waals surface area contributed by atoms with Crippen molar-refractivity contribution in [3.63, 3.8) is 0 Å². The zero-order valence-electron chi connectivity index (χ0n) is 13.9. The zero-order valence-corrected chi connectivity index (χ0v) is 15.7. The number of hydrogen-bond donors (Lipinski definition) is 0. The van der Waals surface area contributed by atoms with E-state index < -0.39 is 14.5 Å². The van der Waals surface area contributed by atoms with Crippen LogP contribution in [0.4, 0.5) is 0 Å². The summed E-state index contributed by atoms with van der Waals surface area (Å²) in [4.78, 5) is 0. The van der Waals surface area contributed by atoms with Gasteiger partial charge in [-0.2, -0.15) is 0 Å². The summed E-state index contributed by atoms with van der Waals surface area (Å²) in [5.74, 6) is 0. The Morgan fingerprint density at radius 1 is 0.444 bits per heavy atom. The van der Waals surface area contributed by atoms with Crippen LogP contribution in [0.3, 0.4) is 0 Å². The first-order chi connectivity index (χ1) is 7.89. The van der Waals surface area contributed by atoms with E-state index in [1.54, 1.807) is 21.7 Å². The van der Waals surface area contributed by atoms with Gasteiger partial charge in [0.15, 0.2) is 0 Å². The van der Waals surface area contributed by atoms with Crippen molar-refractivity contribution in [3.05, 3.63) is 22.3 Å². The minimum absolute atomic E-state index is 0.986. The van der Waals surface area contributed by atoms with Gasteiger partial charge in [0.25, 0.3) is 0 Å². The predicted octanol–water partition coefficient (Wildman–Crippen LogP) is 3.98. The molecule has 0 aromatic heterocycles. The normalized spacial score (nSPS) is 13.0. The van der Waals surface area contributed by atoms with Gasteiger partial charge in [-0.1, -0.05) is 0 Å². The Bertz CT molecular complexity index is 427. The van der Waals surface area contributed by atoms with Crippen molar-refractivity contribution in [3.8, 4) is 0 Å². The van der Waals surface area contributed by atoms with E-state index in [9.17, 15) is 0 Å². The molecule has 102 valence electrons. The van der Waals surface area contributed by atoms with Gasteiger partial charge >= 0.3 is 0 Å². The Morgan fingerprint density at radius 2 is 0.667 bits per heavy atom. The van der Waals surface area contributed by atoms with Crippen LogP contribution < -0.4 is 10.6 Å². The molecule has 18 heavy (non-hydrogen) atoms. The SMILES string of the molecule is Cc1c(C)c(C)c([P+](C)(C)C)c([P+](C)(C)C)c1C. The van der Waals surface area contributed by atoms with Gasteiger partial charge in [0.2, 0.25) is 0 Å². The molecule has 0 amide bonds. The highest BCUT2D eigenvalue weighted by Gasteiger charge is 2.39. The highest BCUT2D eigenvalue weighted by molar-refractivity contribution is 7.86. The molecule has 2 heteroatoms. The lowest BCUT2D eigenvalue weighted by Crippen LogP contribution is -2.35. The van der Waals surface area contributed by atoms with Crippen LogP contribution in [0.5, 0.6) is 0 Å². The summed E-state index contributed by atoms with van der Waals surface area (Å²) in [5, 5.41) is 3.42. The lowest BCUT2D eigenvalue weighted by molar-refractivity contribution is 1.24. The maximum atomic E-state index is 2.46. The van der Waals surface area contributed by atoms with Crippen LogP contribution >= 0.6 is 14.5 Å². The van der Waals surface area contributed by atoms with Gasteiger partial charge in [0.05, 0.1) is 40.0 Å². The van der Waals surface area contributed by atoms with E-state index in [4.69, 9.17) is 0 Å². The van der Waals surface area contributed by atoms with Gasteiger partial charge in [-0.05, 0) is 49.9 Å². The van der Waals surface area contributed by atoms with Crippen molar-refractivity contribution >= 4 is 25.1 Å². The minimum atomic E-state index is -0.986. The fourth-order valence-corrected chi connectivity index (χ4v) is 8.67. The molecule has 0 fully saturated rings. The second-order valence-electron chi connectivity index (χ2n) is 7.22.